The Morgan fingerprint density at radius 1 is 1.17 bits per heavy atom. The molecule has 0 atom stereocenters. The van der Waals surface area contributed by atoms with Gasteiger partial charge in [-0.2, -0.15) is 5.10 Å². The van der Waals surface area contributed by atoms with Crippen LogP contribution in [0.1, 0.15) is 22.0 Å². The molecule has 0 fully saturated rings. The minimum atomic E-state index is 0.777. The lowest BCUT2D eigenvalue weighted by atomic mass is 10.1. The molecule has 0 aliphatic heterocycles. The van der Waals surface area contributed by atoms with E-state index >= 15 is 0 Å². The van der Waals surface area contributed by atoms with Crippen molar-refractivity contribution in [3.63, 3.8) is 0 Å². The molecule has 4 rings (SSSR count). The number of pyridine rings is 1. The highest BCUT2D eigenvalue weighted by Gasteiger charge is 2.12. The van der Waals surface area contributed by atoms with Crippen molar-refractivity contribution in [2.24, 2.45) is 0 Å². The second kappa shape index (κ2) is 6.30. The van der Waals surface area contributed by atoms with Gasteiger partial charge in [-0.05, 0) is 44.5 Å². The van der Waals surface area contributed by atoms with E-state index in [4.69, 9.17) is 0 Å². The summed E-state index contributed by atoms with van der Waals surface area (Å²) < 4.78 is 1.96. The number of nitrogens with one attached hydrogen (secondary N) is 1. The van der Waals surface area contributed by atoms with E-state index in [2.05, 4.69) is 44.6 Å². The molecule has 4 aromatic rings. The molecule has 3 heterocycles. The molecule has 3 aromatic heterocycles. The van der Waals surface area contributed by atoms with Gasteiger partial charge in [-0.1, -0.05) is 29.5 Å². The Balaban J connectivity index is 1.44. The summed E-state index contributed by atoms with van der Waals surface area (Å²) in [4.78, 5) is 9.98. The number of para-hydroxylation sites is 1. The Labute approximate surface area is 144 Å². The molecule has 122 valence electrons. The van der Waals surface area contributed by atoms with E-state index in [-0.39, 0.29) is 0 Å². The average Bonchev–Trinajstić information content (AvgIpc) is 3.07. The molecule has 0 spiro atoms. The maximum atomic E-state index is 4.58. The number of nitrogens with zero attached hydrogens (tertiary/aromatic N) is 4. The van der Waals surface area contributed by atoms with Gasteiger partial charge in [-0.25, -0.2) is 9.50 Å². The summed E-state index contributed by atoms with van der Waals surface area (Å²) in [5.74, 6) is 0. The van der Waals surface area contributed by atoms with Gasteiger partial charge in [0, 0.05) is 18.1 Å². The van der Waals surface area contributed by atoms with Gasteiger partial charge in [0.25, 0.3) is 0 Å². The summed E-state index contributed by atoms with van der Waals surface area (Å²) in [6.07, 6.45) is 2.86. The van der Waals surface area contributed by atoms with E-state index < -0.39 is 0 Å². The van der Waals surface area contributed by atoms with Crippen LogP contribution < -0.4 is 5.32 Å². The van der Waals surface area contributed by atoms with Crippen LogP contribution in [0.5, 0.6) is 0 Å². The average molecular weight is 337 g/mol. The van der Waals surface area contributed by atoms with Crippen LogP contribution in [0.2, 0.25) is 0 Å². The molecule has 1 N–H and O–H groups in total. The first-order valence-corrected chi connectivity index (χ1v) is 8.89. The zero-order chi connectivity index (χ0) is 16.5. The number of hydrogen-bond acceptors (Lipinski definition) is 5. The zero-order valence-electron chi connectivity index (χ0n) is 13.8. The van der Waals surface area contributed by atoms with E-state index in [1.165, 1.54) is 10.9 Å². The van der Waals surface area contributed by atoms with Gasteiger partial charge in [0.15, 0.2) is 0 Å². The third kappa shape index (κ3) is 2.79. The van der Waals surface area contributed by atoms with Crippen LogP contribution in [0, 0.1) is 13.8 Å². The molecule has 0 aliphatic carbocycles. The molecule has 5 nitrogen and oxygen atoms in total. The van der Waals surface area contributed by atoms with Crippen LogP contribution in [-0.2, 0) is 13.0 Å². The molecular formula is C18H19N5S. The highest BCUT2D eigenvalue weighted by atomic mass is 32.1. The van der Waals surface area contributed by atoms with E-state index in [0.717, 1.165) is 46.4 Å². The molecule has 0 amide bonds. The maximum Gasteiger partial charge on any atom is 0.212 e. The van der Waals surface area contributed by atoms with E-state index in [0.29, 0.717) is 0 Å². The Bertz CT molecular complexity index is 996. The highest BCUT2D eigenvalue weighted by molar-refractivity contribution is 7.16. The normalized spacial score (nSPS) is 11.6. The van der Waals surface area contributed by atoms with Gasteiger partial charge in [-0.15, -0.1) is 0 Å². The molecule has 0 unspecified atom stereocenters. The lowest BCUT2D eigenvalue weighted by molar-refractivity contribution is 0.658. The molecular weight excluding hydrogens is 318 g/mol. The molecule has 0 radical (unpaired) electrons. The maximum absolute atomic E-state index is 4.58. The number of hydrogen-bond donors (Lipinski definition) is 1. The fraction of sp³-hybridized carbons (Fsp3) is 0.278. The van der Waals surface area contributed by atoms with Gasteiger partial charge in [0.2, 0.25) is 4.96 Å². The van der Waals surface area contributed by atoms with Crippen LogP contribution in [0.3, 0.4) is 0 Å². The van der Waals surface area contributed by atoms with Gasteiger partial charge in [-0.3, -0.25) is 4.98 Å². The van der Waals surface area contributed by atoms with Crippen LogP contribution >= 0.6 is 11.3 Å². The highest BCUT2D eigenvalue weighted by Crippen LogP contribution is 2.18. The van der Waals surface area contributed by atoms with Crippen molar-refractivity contribution in [1.29, 1.82) is 0 Å². The minimum Gasteiger partial charge on any atom is -0.311 e. The second-order valence-corrected chi connectivity index (χ2v) is 7.03. The smallest absolute Gasteiger partial charge is 0.212 e. The summed E-state index contributed by atoms with van der Waals surface area (Å²) >= 11 is 1.63. The Morgan fingerprint density at radius 3 is 2.96 bits per heavy atom. The quantitative estimate of drug-likeness (QED) is 0.568. The summed E-state index contributed by atoms with van der Waals surface area (Å²) in [6.45, 7) is 5.74. The van der Waals surface area contributed by atoms with Crippen LogP contribution in [0.25, 0.3) is 15.9 Å². The van der Waals surface area contributed by atoms with Crippen LogP contribution in [0.15, 0.2) is 36.5 Å². The molecule has 0 aliphatic rings. The summed E-state index contributed by atoms with van der Waals surface area (Å²) in [7, 11) is 0. The standard InChI is InChI=1S/C18H19N5S/c1-12-17(23-18(21-12)24-13(2)22-23)11-19-9-7-14-8-10-20-16-6-4-3-5-15(14)16/h3-6,8,10,19H,7,9,11H2,1-2H3. The van der Waals surface area contributed by atoms with E-state index in [9.17, 15) is 0 Å². The predicted molar refractivity (Wildman–Crippen MR) is 97.5 cm³/mol. The van der Waals surface area contributed by atoms with Gasteiger partial charge < -0.3 is 5.32 Å². The molecule has 6 heteroatoms. The Kier molecular flexibility index (Phi) is 4.00. The first-order valence-electron chi connectivity index (χ1n) is 8.07. The van der Waals surface area contributed by atoms with Crippen molar-refractivity contribution < 1.29 is 0 Å². The Hall–Kier alpha value is -2.31. The SMILES string of the molecule is Cc1nn2c(CNCCc3ccnc4ccccc34)c(C)nc2s1. The van der Waals surface area contributed by atoms with E-state index in [1.807, 2.05) is 30.6 Å². The number of benzene rings is 1. The number of aryl methyl sites for hydroxylation is 2. The van der Waals surface area contributed by atoms with E-state index in [1.54, 1.807) is 11.3 Å². The molecule has 1 aromatic carbocycles. The second-order valence-electron chi connectivity index (χ2n) is 5.87. The third-order valence-electron chi connectivity index (χ3n) is 4.20. The topological polar surface area (TPSA) is 55.1 Å². The van der Waals surface area contributed by atoms with Crippen molar-refractivity contribution in [3.8, 4) is 0 Å². The first kappa shape index (κ1) is 15.2. The number of fused-ring (bicyclic) bond motifs is 2. The monoisotopic (exact) mass is 337 g/mol. The third-order valence-corrected chi connectivity index (χ3v) is 5.02. The van der Waals surface area contributed by atoms with Crippen molar-refractivity contribution in [3.05, 3.63) is 58.5 Å². The fourth-order valence-corrected chi connectivity index (χ4v) is 3.80. The zero-order valence-corrected chi connectivity index (χ0v) is 14.6. The molecule has 24 heavy (non-hydrogen) atoms. The lowest BCUT2D eigenvalue weighted by Gasteiger charge is -2.07. The lowest BCUT2D eigenvalue weighted by Crippen LogP contribution is -2.18. The molecule has 0 saturated heterocycles. The van der Waals surface area contributed by atoms with Crippen molar-refractivity contribution in [2.45, 2.75) is 26.8 Å². The number of aromatic nitrogens is 4. The Morgan fingerprint density at radius 2 is 2.04 bits per heavy atom. The minimum absolute atomic E-state index is 0.777. The summed E-state index contributed by atoms with van der Waals surface area (Å²) in [5.41, 5.74) is 4.58. The molecule has 0 saturated carbocycles. The van der Waals surface area contributed by atoms with Crippen molar-refractivity contribution in [2.75, 3.05) is 6.54 Å². The van der Waals surface area contributed by atoms with Gasteiger partial charge >= 0.3 is 0 Å². The van der Waals surface area contributed by atoms with Gasteiger partial charge in [0.1, 0.15) is 5.01 Å². The van der Waals surface area contributed by atoms with Crippen molar-refractivity contribution >= 4 is 27.2 Å². The number of imidazole rings is 1. The largest absolute Gasteiger partial charge is 0.311 e. The fourth-order valence-electron chi connectivity index (χ4n) is 2.99. The predicted octanol–water partition coefficient (Wildman–Crippen LogP) is 3.29. The molecule has 0 bridgehead atoms. The number of rotatable bonds is 5. The first-order chi connectivity index (χ1) is 11.7. The van der Waals surface area contributed by atoms with Crippen LogP contribution in [-0.4, -0.2) is 26.1 Å². The van der Waals surface area contributed by atoms with Crippen molar-refractivity contribution in [1.82, 2.24) is 24.9 Å². The van der Waals surface area contributed by atoms with Gasteiger partial charge in [0.05, 0.1) is 16.9 Å². The summed E-state index contributed by atoms with van der Waals surface area (Å²) in [5, 5.41) is 10.3. The summed E-state index contributed by atoms with van der Waals surface area (Å²) in [6, 6.07) is 10.4. The van der Waals surface area contributed by atoms with Crippen LogP contribution in [0.4, 0.5) is 0 Å².